The van der Waals surface area contributed by atoms with E-state index in [0.717, 1.165) is 30.4 Å². The Morgan fingerprint density at radius 3 is 3.00 bits per heavy atom. The molecule has 0 bridgehead atoms. The van der Waals surface area contributed by atoms with E-state index >= 15 is 0 Å². The molecule has 1 aromatic rings. The van der Waals surface area contributed by atoms with Crippen molar-refractivity contribution in [3.63, 3.8) is 0 Å². The number of hydrogen-bond acceptors (Lipinski definition) is 3. The molecule has 2 heterocycles. The first-order valence-electron chi connectivity index (χ1n) is 6.54. The molecule has 1 aliphatic carbocycles. The number of hydrogen-bond donors (Lipinski definition) is 1. The van der Waals surface area contributed by atoms with Crippen LogP contribution in [0.5, 0.6) is 0 Å². The number of aryl methyl sites for hydroxylation is 1. The van der Waals surface area contributed by atoms with E-state index in [9.17, 15) is 4.79 Å². The van der Waals surface area contributed by atoms with Crippen molar-refractivity contribution in [2.45, 2.75) is 38.6 Å². The van der Waals surface area contributed by atoms with Gasteiger partial charge in [0.05, 0.1) is 11.7 Å². The number of H-pyrrole nitrogens is 1. The van der Waals surface area contributed by atoms with E-state index < -0.39 is 0 Å². The summed E-state index contributed by atoms with van der Waals surface area (Å²) in [6, 6.07) is 2.04. The largest absolute Gasteiger partial charge is 0.311 e. The summed E-state index contributed by atoms with van der Waals surface area (Å²) in [5.41, 5.74) is 0.940. The third kappa shape index (κ3) is 2.41. The van der Waals surface area contributed by atoms with Gasteiger partial charge in [0, 0.05) is 12.6 Å². The summed E-state index contributed by atoms with van der Waals surface area (Å²) in [5, 5.41) is 0. The maximum absolute atomic E-state index is 11.5. The Labute approximate surface area is 101 Å². The zero-order valence-electron chi connectivity index (χ0n) is 10.3. The van der Waals surface area contributed by atoms with Crippen LogP contribution in [-0.2, 0) is 0 Å². The van der Waals surface area contributed by atoms with Gasteiger partial charge in [-0.25, -0.2) is 4.98 Å². The molecule has 1 N–H and O–H groups in total. The predicted molar refractivity (Wildman–Crippen MR) is 65.9 cm³/mol. The number of aromatic amines is 1. The summed E-state index contributed by atoms with van der Waals surface area (Å²) in [5.74, 6) is 1.63. The molecular weight excluding hydrogens is 214 g/mol. The first kappa shape index (κ1) is 11.0. The molecule has 0 aromatic carbocycles. The van der Waals surface area contributed by atoms with E-state index in [1.54, 1.807) is 6.07 Å². The fourth-order valence-corrected chi connectivity index (χ4v) is 2.78. The molecule has 92 valence electrons. The first-order valence-corrected chi connectivity index (χ1v) is 6.54. The Kier molecular flexibility index (Phi) is 2.74. The van der Waals surface area contributed by atoms with E-state index in [-0.39, 0.29) is 5.56 Å². The third-order valence-corrected chi connectivity index (χ3v) is 3.77. The Bertz CT molecular complexity index is 464. The van der Waals surface area contributed by atoms with Gasteiger partial charge in [-0.3, -0.25) is 9.69 Å². The molecule has 1 unspecified atom stereocenters. The molecule has 1 saturated heterocycles. The van der Waals surface area contributed by atoms with E-state index in [4.69, 9.17) is 0 Å². The van der Waals surface area contributed by atoms with Crippen molar-refractivity contribution in [1.82, 2.24) is 14.9 Å². The Morgan fingerprint density at radius 1 is 1.47 bits per heavy atom. The van der Waals surface area contributed by atoms with Crippen molar-refractivity contribution in [2.24, 2.45) is 5.92 Å². The van der Waals surface area contributed by atoms with Crippen LogP contribution in [0, 0.1) is 12.8 Å². The normalized spacial score (nSPS) is 25.4. The second kappa shape index (κ2) is 4.26. The van der Waals surface area contributed by atoms with Crippen molar-refractivity contribution in [1.29, 1.82) is 0 Å². The van der Waals surface area contributed by atoms with E-state index in [2.05, 4.69) is 14.9 Å². The highest BCUT2D eigenvalue weighted by Gasteiger charge is 2.32. The smallest absolute Gasteiger partial charge is 0.251 e. The molecule has 1 aliphatic heterocycles. The fourth-order valence-electron chi connectivity index (χ4n) is 2.78. The van der Waals surface area contributed by atoms with Gasteiger partial charge in [-0.15, -0.1) is 0 Å². The summed E-state index contributed by atoms with van der Waals surface area (Å²) in [6.07, 6.45) is 5.13. The van der Waals surface area contributed by atoms with Gasteiger partial charge >= 0.3 is 0 Å². The molecule has 0 spiro atoms. The summed E-state index contributed by atoms with van der Waals surface area (Å²) in [7, 11) is 0. The lowest BCUT2D eigenvalue weighted by molar-refractivity contribution is 0.242. The second-order valence-corrected chi connectivity index (χ2v) is 5.35. The van der Waals surface area contributed by atoms with Gasteiger partial charge in [-0.2, -0.15) is 0 Å². The zero-order chi connectivity index (χ0) is 11.8. The summed E-state index contributed by atoms with van der Waals surface area (Å²) < 4.78 is 0. The van der Waals surface area contributed by atoms with Gasteiger partial charge in [-0.05, 0) is 45.1 Å². The summed E-state index contributed by atoms with van der Waals surface area (Å²) >= 11 is 0. The number of rotatable bonds is 3. The van der Waals surface area contributed by atoms with E-state index in [0.29, 0.717) is 6.04 Å². The van der Waals surface area contributed by atoms with Crippen molar-refractivity contribution in [2.75, 3.05) is 13.1 Å². The number of nitrogens with zero attached hydrogens (tertiary/aromatic N) is 2. The molecule has 4 heteroatoms. The fraction of sp³-hybridized carbons (Fsp3) is 0.692. The quantitative estimate of drug-likeness (QED) is 0.863. The van der Waals surface area contributed by atoms with Crippen LogP contribution in [0.4, 0.5) is 0 Å². The summed E-state index contributed by atoms with van der Waals surface area (Å²) in [4.78, 5) is 21.2. The maximum atomic E-state index is 11.5. The number of nitrogens with one attached hydrogen (secondary N) is 1. The van der Waals surface area contributed by atoms with Crippen LogP contribution in [0.25, 0.3) is 0 Å². The molecule has 1 atom stereocenters. The van der Waals surface area contributed by atoms with Gasteiger partial charge in [-0.1, -0.05) is 0 Å². The highest BCUT2D eigenvalue weighted by atomic mass is 16.1. The predicted octanol–water partition coefficient (Wildman–Crippen LogP) is 1.63. The average molecular weight is 233 g/mol. The Morgan fingerprint density at radius 2 is 2.29 bits per heavy atom. The Hall–Kier alpha value is -1.16. The standard InChI is InChI=1S/C13H19N3O/c1-9-14-11(7-13(17)15-9)12-3-2-6-16(12)8-10-4-5-10/h7,10,12H,2-6,8H2,1H3,(H,14,15,17). The topological polar surface area (TPSA) is 49.0 Å². The van der Waals surface area contributed by atoms with Crippen LogP contribution in [0.1, 0.15) is 43.2 Å². The SMILES string of the molecule is Cc1nc(C2CCCN2CC2CC2)cc(=O)[nH]1. The Balaban J connectivity index is 1.82. The van der Waals surface area contributed by atoms with Crippen LogP contribution in [-0.4, -0.2) is 28.0 Å². The average Bonchev–Trinajstić information content (AvgIpc) is 2.93. The van der Waals surface area contributed by atoms with Crippen molar-refractivity contribution >= 4 is 0 Å². The van der Waals surface area contributed by atoms with Gasteiger partial charge in [0.25, 0.3) is 5.56 Å². The summed E-state index contributed by atoms with van der Waals surface area (Å²) in [6.45, 7) is 4.21. The highest BCUT2D eigenvalue weighted by molar-refractivity contribution is 5.10. The van der Waals surface area contributed by atoms with Crippen molar-refractivity contribution in [3.05, 3.63) is 27.9 Å². The molecule has 0 radical (unpaired) electrons. The molecule has 4 nitrogen and oxygen atoms in total. The van der Waals surface area contributed by atoms with Crippen LogP contribution in [0.15, 0.2) is 10.9 Å². The molecule has 2 fully saturated rings. The van der Waals surface area contributed by atoms with Gasteiger partial charge in [0.15, 0.2) is 0 Å². The first-order chi connectivity index (χ1) is 8.22. The molecule has 0 amide bonds. The molecule has 1 saturated carbocycles. The van der Waals surface area contributed by atoms with Crippen LogP contribution in [0.2, 0.25) is 0 Å². The number of aromatic nitrogens is 2. The van der Waals surface area contributed by atoms with Crippen LogP contribution < -0.4 is 5.56 Å². The van der Waals surface area contributed by atoms with Gasteiger partial charge in [0.1, 0.15) is 5.82 Å². The lowest BCUT2D eigenvalue weighted by atomic mass is 10.1. The molecule has 2 aliphatic rings. The monoisotopic (exact) mass is 233 g/mol. The maximum Gasteiger partial charge on any atom is 0.251 e. The van der Waals surface area contributed by atoms with Crippen LogP contribution >= 0.6 is 0 Å². The minimum Gasteiger partial charge on any atom is -0.311 e. The molecule has 1 aromatic heterocycles. The minimum absolute atomic E-state index is 0.0224. The highest BCUT2D eigenvalue weighted by Crippen LogP contribution is 2.36. The van der Waals surface area contributed by atoms with Gasteiger partial charge < -0.3 is 4.98 Å². The van der Waals surface area contributed by atoms with Crippen molar-refractivity contribution < 1.29 is 0 Å². The van der Waals surface area contributed by atoms with Crippen LogP contribution in [0.3, 0.4) is 0 Å². The lowest BCUT2D eigenvalue weighted by Gasteiger charge is -2.23. The van der Waals surface area contributed by atoms with Crippen molar-refractivity contribution in [3.8, 4) is 0 Å². The minimum atomic E-state index is -0.0224. The second-order valence-electron chi connectivity index (χ2n) is 5.35. The third-order valence-electron chi connectivity index (χ3n) is 3.77. The van der Waals surface area contributed by atoms with E-state index in [1.165, 1.54) is 25.8 Å². The van der Waals surface area contributed by atoms with Gasteiger partial charge in [0.2, 0.25) is 0 Å². The zero-order valence-corrected chi connectivity index (χ0v) is 10.3. The van der Waals surface area contributed by atoms with E-state index in [1.807, 2.05) is 6.92 Å². The molecule has 17 heavy (non-hydrogen) atoms. The molecular formula is C13H19N3O. The number of likely N-dealkylation sites (tertiary alicyclic amines) is 1. The lowest BCUT2D eigenvalue weighted by Crippen LogP contribution is -2.27. The molecule has 3 rings (SSSR count).